The van der Waals surface area contributed by atoms with Crippen molar-refractivity contribution in [3.8, 4) is 0 Å². The van der Waals surface area contributed by atoms with Gasteiger partial charge in [0.15, 0.2) is 0 Å². The third kappa shape index (κ3) is 2.25. The minimum atomic E-state index is -0.977. The molecule has 0 spiro atoms. The van der Waals surface area contributed by atoms with Gasteiger partial charge in [0.2, 0.25) is 0 Å². The third-order valence-corrected chi connectivity index (χ3v) is 2.97. The number of carbonyl (C=O) groups is 1. The lowest BCUT2D eigenvalue weighted by molar-refractivity contribution is 0.0696. The number of furan rings is 1. The minimum absolute atomic E-state index is 0.145. The second-order valence-electron chi connectivity index (χ2n) is 4.06. The third-order valence-electron chi connectivity index (χ3n) is 2.97. The zero-order chi connectivity index (χ0) is 11.5. The van der Waals surface area contributed by atoms with Crippen molar-refractivity contribution in [2.45, 2.75) is 25.4 Å². The van der Waals surface area contributed by atoms with Gasteiger partial charge in [0.1, 0.15) is 12.0 Å². The van der Waals surface area contributed by atoms with Crippen molar-refractivity contribution in [1.29, 1.82) is 0 Å². The first-order chi connectivity index (χ1) is 7.70. The van der Waals surface area contributed by atoms with Crippen molar-refractivity contribution < 1.29 is 19.4 Å². The summed E-state index contributed by atoms with van der Waals surface area (Å²) in [6.07, 6.45) is 3.31. The van der Waals surface area contributed by atoms with Crippen LogP contribution in [0, 0.1) is 0 Å². The summed E-state index contributed by atoms with van der Waals surface area (Å²) in [6.45, 7) is 1.64. The number of carboxylic acid groups (broad SMARTS) is 1. The van der Waals surface area contributed by atoms with Crippen LogP contribution in [-0.4, -0.2) is 40.3 Å². The van der Waals surface area contributed by atoms with Crippen molar-refractivity contribution in [2.24, 2.45) is 0 Å². The second-order valence-corrected chi connectivity index (χ2v) is 4.06. The Hall–Kier alpha value is -1.33. The number of aromatic carboxylic acids is 1. The Bertz CT molecular complexity index is 374. The van der Waals surface area contributed by atoms with E-state index in [1.807, 2.05) is 0 Å². The number of hydrogen-bond acceptors (Lipinski definition) is 4. The zero-order valence-electron chi connectivity index (χ0n) is 8.93. The second kappa shape index (κ2) is 4.67. The first-order valence-corrected chi connectivity index (χ1v) is 5.36. The number of aliphatic hydroxyl groups is 1. The van der Waals surface area contributed by atoms with Gasteiger partial charge in [-0.15, -0.1) is 0 Å². The molecular formula is C11H15NO4. The molecule has 0 amide bonds. The predicted molar refractivity (Wildman–Crippen MR) is 56.2 cm³/mol. The molecule has 0 aromatic carbocycles. The fourth-order valence-electron chi connectivity index (χ4n) is 2.09. The zero-order valence-corrected chi connectivity index (χ0v) is 8.93. The Morgan fingerprint density at radius 3 is 3.06 bits per heavy atom. The summed E-state index contributed by atoms with van der Waals surface area (Å²) in [5, 5.41) is 17.9. The van der Waals surface area contributed by atoms with E-state index in [1.54, 1.807) is 0 Å². The molecule has 5 nitrogen and oxygen atoms in total. The van der Waals surface area contributed by atoms with Gasteiger partial charge in [-0.05, 0) is 25.5 Å². The Kier molecular flexibility index (Phi) is 3.26. The molecule has 0 aliphatic carbocycles. The van der Waals surface area contributed by atoms with E-state index in [0.29, 0.717) is 12.3 Å². The molecule has 16 heavy (non-hydrogen) atoms. The van der Waals surface area contributed by atoms with Gasteiger partial charge in [-0.1, -0.05) is 0 Å². The summed E-state index contributed by atoms with van der Waals surface area (Å²) < 4.78 is 5.18. The summed E-state index contributed by atoms with van der Waals surface area (Å²) in [7, 11) is 0. The fourth-order valence-corrected chi connectivity index (χ4v) is 2.09. The van der Waals surface area contributed by atoms with Crippen LogP contribution < -0.4 is 0 Å². The van der Waals surface area contributed by atoms with E-state index in [-0.39, 0.29) is 18.2 Å². The molecule has 0 saturated carbocycles. The summed E-state index contributed by atoms with van der Waals surface area (Å²) in [5.74, 6) is -0.340. The Balaban J connectivity index is 2.00. The maximum atomic E-state index is 10.7. The molecule has 2 N–H and O–H groups in total. The van der Waals surface area contributed by atoms with E-state index in [4.69, 9.17) is 14.6 Å². The Labute approximate surface area is 93.3 Å². The standard InChI is InChI=1S/C11H15NO4/c13-6-9-2-1-3-12(9)5-10-4-8(7-16-10)11(14)15/h4,7,9,13H,1-3,5-6H2,(H,14,15). The molecule has 88 valence electrons. The number of likely N-dealkylation sites (tertiary alicyclic amines) is 1. The molecular weight excluding hydrogens is 210 g/mol. The Morgan fingerprint density at radius 1 is 1.62 bits per heavy atom. The molecule has 2 heterocycles. The van der Waals surface area contributed by atoms with Crippen molar-refractivity contribution in [3.63, 3.8) is 0 Å². The van der Waals surface area contributed by atoms with E-state index in [2.05, 4.69) is 4.90 Å². The van der Waals surface area contributed by atoms with Crippen LogP contribution in [0.25, 0.3) is 0 Å². The van der Waals surface area contributed by atoms with E-state index in [1.165, 1.54) is 12.3 Å². The highest BCUT2D eigenvalue weighted by molar-refractivity contribution is 5.87. The molecule has 2 rings (SSSR count). The summed E-state index contributed by atoms with van der Waals surface area (Å²) in [6, 6.07) is 1.72. The smallest absolute Gasteiger partial charge is 0.338 e. The molecule has 0 radical (unpaired) electrons. The average Bonchev–Trinajstić information content (AvgIpc) is 2.87. The van der Waals surface area contributed by atoms with E-state index < -0.39 is 5.97 Å². The monoisotopic (exact) mass is 225 g/mol. The van der Waals surface area contributed by atoms with Crippen LogP contribution in [-0.2, 0) is 6.54 Å². The van der Waals surface area contributed by atoms with Gasteiger partial charge in [0.05, 0.1) is 18.7 Å². The fraction of sp³-hybridized carbons (Fsp3) is 0.545. The van der Waals surface area contributed by atoms with Crippen LogP contribution in [0.4, 0.5) is 0 Å². The number of nitrogens with zero attached hydrogens (tertiary/aromatic N) is 1. The summed E-state index contributed by atoms with van der Waals surface area (Å²) in [5.41, 5.74) is 0.176. The number of carboxylic acids is 1. The highest BCUT2D eigenvalue weighted by Gasteiger charge is 2.24. The highest BCUT2D eigenvalue weighted by Crippen LogP contribution is 2.20. The van der Waals surface area contributed by atoms with Gasteiger partial charge in [-0.3, -0.25) is 4.90 Å². The molecule has 1 aliphatic heterocycles. The number of rotatable bonds is 4. The van der Waals surface area contributed by atoms with Crippen LogP contribution in [0.15, 0.2) is 16.7 Å². The molecule has 1 aromatic rings. The number of hydrogen-bond donors (Lipinski definition) is 2. The molecule has 1 saturated heterocycles. The van der Waals surface area contributed by atoms with Gasteiger partial charge >= 0.3 is 5.97 Å². The van der Waals surface area contributed by atoms with Gasteiger partial charge < -0.3 is 14.6 Å². The maximum Gasteiger partial charge on any atom is 0.338 e. The van der Waals surface area contributed by atoms with Crippen molar-refractivity contribution in [3.05, 3.63) is 23.7 Å². The summed E-state index contributed by atoms with van der Waals surface area (Å²) >= 11 is 0. The van der Waals surface area contributed by atoms with Gasteiger partial charge in [-0.2, -0.15) is 0 Å². The maximum absolute atomic E-state index is 10.7. The SMILES string of the molecule is O=C(O)c1coc(CN2CCCC2CO)c1. The molecule has 1 atom stereocenters. The Morgan fingerprint density at radius 2 is 2.44 bits per heavy atom. The predicted octanol–water partition coefficient (Wildman–Crippen LogP) is 0.935. The molecule has 1 aromatic heterocycles. The van der Waals surface area contributed by atoms with Crippen molar-refractivity contribution in [2.75, 3.05) is 13.2 Å². The minimum Gasteiger partial charge on any atom is -0.478 e. The average molecular weight is 225 g/mol. The lowest BCUT2D eigenvalue weighted by Crippen LogP contribution is -2.31. The van der Waals surface area contributed by atoms with E-state index in [9.17, 15) is 4.79 Å². The lowest BCUT2D eigenvalue weighted by Gasteiger charge is -2.20. The van der Waals surface area contributed by atoms with Crippen LogP contribution in [0.3, 0.4) is 0 Å². The van der Waals surface area contributed by atoms with Crippen molar-refractivity contribution >= 4 is 5.97 Å². The van der Waals surface area contributed by atoms with Crippen LogP contribution in [0.2, 0.25) is 0 Å². The molecule has 1 fully saturated rings. The van der Waals surface area contributed by atoms with Crippen LogP contribution in [0.1, 0.15) is 29.0 Å². The van der Waals surface area contributed by atoms with Crippen LogP contribution >= 0.6 is 0 Å². The van der Waals surface area contributed by atoms with Gasteiger partial charge in [0, 0.05) is 6.04 Å². The molecule has 1 unspecified atom stereocenters. The highest BCUT2D eigenvalue weighted by atomic mass is 16.4. The topological polar surface area (TPSA) is 73.9 Å². The van der Waals surface area contributed by atoms with E-state index in [0.717, 1.165) is 19.4 Å². The first kappa shape index (κ1) is 11.2. The van der Waals surface area contributed by atoms with Crippen LogP contribution in [0.5, 0.6) is 0 Å². The first-order valence-electron chi connectivity index (χ1n) is 5.36. The van der Waals surface area contributed by atoms with Crippen molar-refractivity contribution in [1.82, 2.24) is 4.90 Å². The summed E-state index contributed by atoms with van der Waals surface area (Å²) in [4.78, 5) is 12.8. The van der Waals surface area contributed by atoms with E-state index >= 15 is 0 Å². The molecule has 0 bridgehead atoms. The number of aliphatic hydroxyl groups excluding tert-OH is 1. The largest absolute Gasteiger partial charge is 0.478 e. The van der Waals surface area contributed by atoms with Gasteiger partial charge in [-0.25, -0.2) is 4.79 Å². The molecule has 5 heteroatoms. The normalized spacial score (nSPS) is 21.4. The van der Waals surface area contributed by atoms with Gasteiger partial charge in [0.25, 0.3) is 0 Å². The molecule has 1 aliphatic rings. The quantitative estimate of drug-likeness (QED) is 0.797. The lowest BCUT2D eigenvalue weighted by atomic mass is 10.2.